The lowest BCUT2D eigenvalue weighted by atomic mass is 10.0. The number of hydrogen-bond donors (Lipinski definition) is 0. The summed E-state index contributed by atoms with van der Waals surface area (Å²) < 4.78 is 0. The average Bonchev–Trinajstić information content (AvgIpc) is 2.36. The predicted molar refractivity (Wildman–Crippen MR) is 74.0 cm³/mol. The molecule has 4 heteroatoms. The van der Waals surface area contributed by atoms with E-state index in [0.29, 0.717) is 26.5 Å². The molecule has 3 rings (SSSR count). The molecular formula is C14H6Cl2N2. The van der Waals surface area contributed by atoms with Crippen LogP contribution in [0.3, 0.4) is 0 Å². The van der Waals surface area contributed by atoms with E-state index in [0.717, 1.165) is 10.9 Å². The number of pyridine rings is 1. The molecule has 0 radical (unpaired) electrons. The molecule has 86 valence electrons. The van der Waals surface area contributed by atoms with E-state index in [-0.39, 0.29) is 0 Å². The van der Waals surface area contributed by atoms with E-state index in [9.17, 15) is 5.26 Å². The van der Waals surface area contributed by atoms with Gasteiger partial charge in [-0.15, -0.1) is 0 Å². The Hall–Kier alpha value is -1.82. The van der Waals surface area contributed by atoms with Crippen LogP contribution >= 0.6 is 23.2 Å². The number of nitrogens with zero attached hydrogens (tertiary/aromatic N) is 2. The summed E-state index contributed by atoms with van der Waals surface area (Å²) in [4.78, 5) is 4.49. The molecule has 0 saturated heterocycles. The van der Waals surface area contributed by atoms with Crippen molar-refractivity contribution in [1.29, 1.82) is 5.26 Å². The van der Waals surface area contributed by atoms with Crippen LogP contribution in [-0.2, 0) is 0 Å². The first-order chi connectivity index (χ1) is 8.70. The summed E-state index contributed by atoms with van der Waals surface area (Å²) in [6.07, 6.45) is 0. The first-order valence-corrected chi connectivity index (χ1v) is 6.04. The highest BCUT2D eigenvalue weighted by atomic mass is 35.5. The highest BCUT2D eigenvalue weighted by Gasteiger charge is 2.11. The monoisotopic (exact) mass is 272 g/mol. The molecule has 0 unspecified atom stereocenters. The van der Waals surface area contributed by atoms with Gasteiger partial charge in [0.05, 0.1) is 21.6 Å². The summed E-state index contributed by atoms with van der Waals surface area (Å²) in [5.41, 5.74) is 1.92. The van der Waals surface area contributed by atoms with E-state index in [1.165, 1.54) is 0 Å². The Kier molecular flexibility index (Phi) is 2.59. The maximum Gasteiger partial charge on any atom is 0.101 e. The van der Waals surface area contributed by atoms with Gasteiger partial charge >= 0.3 is 0 Å². The van der Waals surface area contributed by atoms with Crippen molar-refractivity contribution in [3.05, 3.63) is 52.0 Å². The molecule has 0 aliphatic carbocycles. The second-order valence-electron chi connectivity index (χ2n) is 3.90. The second-order valence-corrected chi connectivity index (χ2v) is 4.74. The minimum absolute atomic E-state index is 0.458. The lowest BCUT2D eigenvalue weighted by Crippen LogP contribution is -1.89. The van der Waals surface area contributed by atoms with Crippen LogP contribution in [0.15, 0.2) is 36.4 Å². The smallest absolute Gasteiger partial charge is 0.101 e. The molecule has 1 heterocycles. The maximum absolute atomic E-state index is 9.35. The average molecular weight is 273 g/mol. The van der Waals surface area contributed by atoms with Crippen LogP contribution in [0, 0.1) is 11.3 Å². The number of hydrogen-bond acceptors (Lipinski definition) is 2. The molecular weight excluding hydrogens is 267 g/mol. The molecule has 0 aliphatic heterocycles. The maximum atomic E-state index is 9.35. The van der Waals surface area contributed by atoms with Crippen LogP contribution in [0.4, 0.5) is 0 Å². The molecule has 0 aliphatic rings. The molecule has 0 N–H and O–H groups in total. The lowest BCUT2D eigenvalue weighted by Gasteiger charge is -2.06. The van der Waals surface area contributed by atoms with Crippen molar-refractivity contribution in [3.63, 3.8) is 0 Å². The normalized spacial score (nSPS) is 10.7. The molecule has 2 aromatic carbocycles. The van der Waals surface area contributed by atoms with Crippen molar-refractivity contribution in [2.75, 3.05) is 0 Å². The van der Waals surface area contributed by atoms with E-state index in [1.807, 2.05) is 24.3 Å². The lowest BCUT2D eigenvalue weighted by molar-refractivity contribution is 1.47. The quantitative estimate of drug-likeness (QED) is 0.563. The summed E-state index contributed by atoms with van der Waals surface area (Å²) in [5, 5.41) is 11.8. The molecule has 0 fully saturated rings. The number of benzene rings is 2. The van der Waals surface area contributed by atoms with Crippen LogP contribution < -0.4 is 0 Å². The first-order valence-electron chi connectivity index (χ1n) is 5.28. The highest BCUT2D eigenvalue weighted by molar-refractivity contribution is 6.38. The molecule has 3 aromatic rings. The number of aromatic nitrogens is 1. The Morgan fingerprint density at radius 1 is 1.06 bits per heavy atom. The molecule has 0 bridgehead atoms. The number of nitriles is 1. The Balaban J connectivity index is 2.64. The van der Waals surface area contributed by atoms with Crippen LogP contribution in [0.2, 0.25) is 10.0 Å². The fourth-order valence-electron chi connectivity index (χ4n) is 2.04. The van der Waals surface area contributed by atoms with Crippen molar-refractivity contribution in [1.82, 2.24) is 4.98 Å². The minimum Gasteiger partial charge on any atom is -0.246 e. The van der Waals surface area contributed by atoms with Crippen molar-refractivity contribution in [2.45, 2.75) is 0 Å². The third-order valence-electron chi connectivity index (χ3n) is 2.81. The van der Waals surface area contributed by atoms with Gasteiger partial charge in [0.15, 0.2) is 0 Å². The summed E-state index contributed by atoms with van der Waals surface area (Å²) in [7, 11) is 0. The van der Waals surface area contributed by atoms with Gasteiger partial charge in [-0.05, 0) is 18.2 Å². The zero-order chi connectivity index (χ0) is 12.7. The van der Waals surface area contributed by atoms with Crippen LogP contribution in [0.25, 0.3) is 21.8 Å². The number of rotatable bonds is 0. The van der Waals surface area contributed by atoms with Crippen molar-refractivity contribution in [3.8, 4) is 6.07 Å². The van der Waals surface area contributed by atoms with Gasteiger partial charge in [0.2, 0.25) is 0 Å². The first kappa shape index (κ1) is 11.3. The van der Waals surface area contributed by atoms with Crippen molar-refractivity contribution < 1.29 is 0 Å². The van der Waals surface area contributed by atoms with Gasteiger partial charge in [-0.3, -0.25) is 0 Å². The van der Waals surface area contributed by atoms with E-state index in [2.05, 4.69) is 11.1 Å². The van der Waals surface area contributed by atoms with Gasteiger partial charge in [0.25, 0.3) is 0 Å². The Morgan fingerprint density at radius 3 is 2.61 bits per heavy atom. The Labute approximate surface area is 113 Å². The largest absolute Gasteiger partial charge is 0.246 e. The number of para-hydroxylation sites is 1. The van der Waals surface area contributed by atoms with Gasteiger partial charge in [0, 0.05) is 15.8 Å². The van der Waals surface area contributed by atoms with Crippen molar-refractivity contribution in [2.24, 2.45) is 0 Å². The van der Waals surface area contributed by atoms with Gasteiger partial charge in [0.1, 0.15) is 6.07 Å². The fraction of sp³-hybridized carbons (Fsp3) is 0. The summed E-state index contributed by atoms with van der Waals surface area (Å²) in [5.74, 6) is 0. The van der Waals surface area contributed by atoms with Crippen LogP contribution in [0.1, 0.15) is 5.56 Å². The third kappa shape index (κ3) is 1.60. The minimum atomic E-state index is 0.458. The van der Waals surface area contributed by atoms with E-state index < -0.39 is 0 Å². The van der Waals surface area contributed by atoms with Crippen molar-refractivity contribution >= 4 is 45.0 Å². The molecule has 18 heavy (non-hydrogen) atoms. The van der Waals surface area contributed by atoms with E-state index >= 15 is 0 Å². The van der Waals surface area contributed by atoms with E-state index in [4.69, 9.17) is 23.2 Å². The summed E-state index contributed by atoms with van der Waals surface area (Å²) >= 11 is 12.1. The second kappa shape index (κ2) is 4.13. The topological polar surface area (TPSA) is 36.7 Å². The molecule has 0 spiro atoms. The standard InChI is InChI=1S/C14H6Cl2N2/c15-8-5-10-11(7-17)9-3-1-2-4-13(9)18-14(10)12(16)6-8/h1-6H. The highest BCUT2D eigenvalue weighted by Crippen LogP contribution is 2.32. The molecule has 0 amide bonds. The van der Waals surface area contributed by atoms with Gasteiger partial charge in [-0.1, -0.05) is 41.4 Å². The van der Waals surface area contributed by atoms with Gasteiger partial charge in [-0.25, -0.2) is 4.98 Å². The molecule has 2 nitrogen and oxygen atoms in total. The fourth-order valence-corrected chi connectivity index (χ4v) is 2.57. The Morgan fingerprint density at radius 2 is 1.83 bits per heavy atom. The Bertz CT molecular complexity index is 819. The number of halogens is 2. The summed E-state index contributed by atoms with van der Waals surface area (Å²) in [6.45, 7) is 0. The zero-order valence-corrected chi connectivity index (χ0v) is 10.6. The zero-order valence-electron chi connectivity index (χ0n) is 9.11. The van der Waals surface area contributed by atoms with Crippen LogP contribution in [0.5, 0.6) is 0 Å². The molecule has 1 aromatic heterocycles. The molecule has 0 saturated carbocycles. The SMILES string of the molecule is N#Cc1c2ccccc2nc2c(Cl)cc(Cl)cc12. The third-order valence-corrected chi connectivity index (χ3v) is 3.32. The van der Waals surface area contributed by atoms with E-state index in [1.54, 1.807) is 12.1 Å². The van der Waals surface area contributed by atoms with Gasteiger partial charge in [-0.2, -0.15) is 5.26 Å². The van der Waals surface area contributed by atoms with Gasteiger partial charge < -0.3 is 0 Å². The number of fused-ring (bicyclic) bond motifs is 2. The molecule has 0 atom stereocenters. The van der Waals surface area contributed by atoms with Crippen LogP contribution in [-0.4, -0.2) is 4.98 Å². The predicted octanol–water partition coefficient (Wildman–Crippen LogP) is 4.57. The summed E-state index contributed by atoms with van der Waals surface area (Å²) in [6, 6.07) is 13.1.